The molecule has 0 aliphatic heterocycles. The van der Waals surface area contributed by atoms with E-state index in [1.54, 1.807) is 0 Å². The van der Waals surface area contributed by atoms with Crippen molar-refractivity contribution in [3.8, 4) is 56.4 Å². The lowest BCUT2D eigenvalue weighted by molar-refractivity contribution is 0.666. The van der Waals surface area contributed by atoms with Crippen molar-refractivity contribution in [2.45, 2.75) is 19.3 Å². The molecule has 0 N–H and O–H groups in total. The Labute approximate surface area is 251 Å². The molecule has 0 spiro atoms. The molecule has 1 aliphatic rings. The van der Waals surface area contributed by atoms with Crippen LogP contribution in [0.3, 0.4) is 0 Å². The zero-order valence-corrected chi connectivity index (χ0v) is 24.1. The summed E-state index contributed by atoms with van der Waals surface area (Å²) in [6, 6.07) is 48.9. The van der Waals surface area contributed by atoms with Crippen molar-refractivity contribution in [3.05, 3.63) is 151 Å². The molecule has 0 unspecified atom stereocenters. The molecular formula is C40H29N3. The van der Waals surface area contributed by atoms with Crippen molar-refractivity contribution >= 4 is 10.8 Å². The average molecular weight is 552 g/mol. The molecular weight excluding hydrogens is 522 g/mol. The summed E-state index contributed by atoms with van der Waals surface area (Å²) in [4.78, 5) is 14.8. The summed E-state index contributed by atoms with van der Waals surface area (Å²) in [5.74, 6) is 1.99. The van der Waals surface area contributed by atoms with Gasteiger partial charge in [0.05, 0.1) is 0 Å². The molecule has 0 fully saturated rings. The summed E-state index contributed by atoms with van der Waals surface area (Å²) in [5, 5.41) is 2.56. The molecule has 0 atom stereocenters. The highest BCUT2D eigenvalue weighted by atomic mass is 15.0. The maximum atomic E-state index is 4.96. The maximum absolute atomic E-state index is 4.96. The van der Waals surface area contributed by atoms with E-state index in [9.17, 15) is 0 Å². The molecule has 3 heteroatoms. The standard InChI is InChI=1S/C40H29N3/c1-40(2)35-22-10-9-19-32(35)34-24-23-31-30(20-12-21-33(31)36(34)40)28-17-11-18-29(25-28)39-42-37(26-13-5-3-6-14-26)41-38(43-39)27-15-7-4-8-16-27/h3-25H,1-2H3. The topological polar surface area (TPSA) is 38.7 Å². The van der Waals surface area contributed by atoms with Crippen molar-refractivity contribution in [2.24, 2.45) is 0 Å². The monoisotopic (exact) mass is 551 g/mol. The summed E-state index contributed by atoms with van der Waals surface area (Å²) >= 11 is 0. The molecule has 0 saturated heterocycles. The number of fused-ring (bicyclic) bond motifs is 5. The number of aromatic nitrogens is 3. The Hall–Kier alpha value is -5.41. The van der Waals surface area contributed by atoms with Gasteiger partial charge in [-0.2, -0.15) is 0 Å². The Morgan fingerprint density at radius 2 is 0.930 bits per heavy atom. The molecule has 43 heavy (non-hydrogen) atoms. The molecule has 1 aromatic heterocycles. The van der Waals surface area contributed by atoms with Gasteiger partial charge in [-0.15, -0.1) is 0 Å². The molecule has 1 heterocycles. The van der Waals surface area contributed by atoms with E-state index in [2.05, 4.69) is 92.7 Å². The van der Waals surface area contributed by atoms with E-state index in [-0.39, 0.29) is 5.41 Å². The van der Waals surface area contributed by atoms with Gasteiger partial charge in [-0.25, -0.2) is 15.0 Å². The van der Waals surface area contributed by atoms with Gasteiger partial charge in [0.1, 0.15) is 0 Å². The largest absolute Gasteiger partial charge is 0.208 e. The minimum absolute atomic E-state index is 0.0710. The van der Waals surface area contributed by atoms with Gasteiger partial charge in [0.2, 0.25) is 0 Å². The van der Waals surface area contributed by atoms with Crippen LogP contribution in [-0.2, 0) is 5.41 Å². The maximum Gasteiger partial charge on any atom is 0.164 e. The highest BCUT2D eigenvalue weighted by molar-refractivity contribution is 6.04. The van der Waals surface area contributed by atoms with Crippen molar-refractivity contribution in [1.82, 2.24) is 15.0 Å². The summed E-state index contributed by atoms with van der Waals surface area (Å²) in [6.45, 7) is 4.69. The van der Waals surface area contributed by atoms with Gasteiger partial charge in [-0.1, -0.05) is 147 Å². The van der Waals surface area contributed by atoms with E-state index in [4.69, 9.17) is 15.0 Å². The Kier molecular flexibility index (Phi) is 5.80. The fraction of sp³-hybridized carbons (Fsp3) is 0.0750. The minimum Gasteiger partial charge on any atom is -0.208 e. The van der Waals surface area contributed by atoms with E-state index in [0.717, 1.165) is 22.3 Å². The zero-order valence-electron chi connectivity index (χ0n) is 24.1. The van der Waals surface area contributed by atoms with Gasteiger partial charge in [0.15, 0.2) is 17.5 Å². The van der Waals surface area contributed by atoms with Crippen LogP contribution in [0.2, 0.25) is 0 Å². The third-order valence-corrected chi connectivity index (χ3v) is 8.71. The normalized spacial score (nSPS) is 13.1. The van der Waals surface area contributed by atoms with Gasteiger partial charge in [0.25, 0.3) is 0 Å². The lowest BCUT2D eigenvalue weighted by Crippen LogP contribution is -2.15. The molecule has 0 bridgehead atoms. The second kappa shape index (κ2) is 9.85. The molecule has 204 valence electrons. The molecule has 6 aromatic carbocycles. The predicted octanol–water partition coefficient (Wildman–Crippen LogP) is 10.00. The first-order valence-electron chi connectivity index (χ1n) is 14.7. The predicted molar refractivity (Wildman–Crippen MR) is 177 cm³/mol. The van der Waals surface area contributed by atoms with Crippen molar-refractivity contribution < 1.29 is 0 Å². The number of benzene rings is 6. The lowest BCUT2D eigenvalue weighted by Gasteiger charge is -2.23. The first-order chi connectivity index (χ1) is 21.1. The van der Waals surface area contributed by atoms with E-state index in [1.165, 1.54) is 38.6 Å². The van der Waals surface area contributed by atoms with E-state index in [1.807, 2.05) is 60.7 Å². The number of nitrogens with zero attached hydrogens (tertiary/aromatic N) is 3. The Bertz CT molecular complexity index is 2090. The second-order valence-corrected chi connectivity index (χ2v) is 11.7. The molecule has 8 rings (SSSR count). The zero-order chi connectivity index (χ0) is 29.0. The minimum atomic E-state index is -0.0710. The van der Waals surface area contributed by atoms with Crippen LogP contribution in [0.1, 0.15) is 25.0 Å². The average Bonchev–Trinajstić information content (AvgIpc) is 3.31. The van der Waals surface area contributed by atoms with E-state index >= 15 is 0 Å². The van der Waals surface area contributed by atoms with Crippen LogP contribution in [0.15, 0.2) is 140 Å². The number of hydrogen-bond donors (Lipinski definition) is 0. The fourth-order valence-electron chi connectivity index (χ4n) is 6.67. The summed E-state index contributed by atoms with van der Waals surface area (Å²) in [7, 11) is 0. The molecule has 0 radical (unpaired) electrons. The summed E-state index contributed by atoms with van der Waals surface area (Å²) in [6.07, 6.45) is 0. The van der Waals surface area contributed by atoms with Crippen LogP contribution in [0.5, 0.6) is 0 Å². The first kappa shape index (κ1) is 25.3. The van der Waals surface area contributed by atoms with Crippen LogP contribution in [0, 0.1) is 0 Å². The van der Waals surface area contributed by atoms with Gasteiger partial charge in [-0.05, 0) is 50.2 Å². The van der Waals surface area contributed by atoms with Crippen LogP contribution in [-0.4, -0.2) is 15.0 Å². The van der Waals surface area contributed by atoms with Gasteiger partial charge in [0, 0.05) is 22.1 Å². The SMILES string of the molecule is CC1(C)c2ccccc2-c2ccc3c(-c4cccc(-c5nc(-c6ccccc6)nc(-c6ccccc6)n5)c4)cccc3c21. The number of rotatable bonds is 4. The second-order valence-electron chi connectivity index (χ2n) is 11.7. The van der Waals surface area contributed by atoms with E-state index in [0.29, 0.717) is 17.5 Å². The van der Waals surface area contributed by atoms with Crippen molar-refractivity contribution in [3.63, 3.8) is 0 Å². The highest BCUT2D eigenvalue weighted by Crippen LogP contribution is 2.52. The van der Waals surface area contributed by atoms with Gasteiger partial charge in [-0.3, -0.25) is 0 Å². The van der Waals surface area contributed by atoms with Crippen molar-refractivity contribution in [2.75, 3.05) is 0 Å². The van der Waals surface area contributed by atoms with Gasteiger partial charge < -0.3 is 0 Å². The Morgan fingerprint density at radius 1 is 0.395 bits per heavy atom. The fourth-order valence-corrected chi connectivity index (χ4v) is 6.67. The first-order valence-corrected chi connectivity index (χ1v) is 14.7. The smallest absolute Gasteiger partial charge is 0.164 e. The molecule has 0 saturated carbocycles. The van der Waals surface area contributed by atoms with Crippen molar-refractivity contribution in [1.29, 1.82) is 0 Å². The molecule has 0 amide bonds. The quantitative estimate of drug-likeness (QED) is 0.218. The summed E-state index contributed by atoms with van der Waals surface area (Å²) in [5.41, 5.74) is 10.6. The van der Waals surface area contributed by atoms with Gasteiger partial charge >= 0.3 is 0 Å². The molecule has 1 aliphatic carbocycles. The third-order valence-electron chi connectivity index (χ3n) is 8.71. The Morgan fingerprint density at radius 3 is 1.63 bits per heavy atom. The van der Waals surface area contributed by atoms with Crippen LogP contribution >= 0.6 is 0 Å². The Balaban J connectivity index is 1.28. The molecule has 3 nitrogen and oxygen atoms in total. The lowest BCUT2D eigenvalue weighted by atomic mass is 9.79. The third kappa shape index (κ3) is 4.16. The highest BCUT2D eigenvalue weighted by Gasteiger charge is 2.36. The summed E-state index contributed by atoms with van der Waals surface area (Å²) < 4.78 is 0. The van der Waals surface area contributed by atoms with E-state index < -0.39 is 0 Å². The van der Waals surface area contributed by atoms with Crippen LogP contribution in [0.4, 0.5) is 0 Å². The van der Waals surface area contributed by atoms with Crippen LogP contribution in [0.25, 0.3) is 67.2 Å². The molecule has 7 aromatic rings. The number of hydrogen-bond acceptors (Lipinski definition) is 3. The van der Waals surface area contributed by atoms with Crippen LogP contribution < -0.4 is 0 Å².